The molecule has 2 aromatic rings. The van der Waals surface area contributed by atoms with E-state index in [1.807, 2.05) is 24.3 Å². The van der Waals surface area contributed by atoms with Crippen LogP contribution < -0.4 is 14.8 Å². The van der Waals surface area contributed by atoms with E-state index >= 15 is 0 Å². The van der Waals surface area contributed by atoms with Gasteiger partial charge in [0.05, 0.1) is 18.7 Å². The highest BCUT2D eigenvalue weighted by Gasteiger charge is 2.08. The van der Waals surface area contributed by atoms with Crippen LogP contribution in [0.15, 0.2) is 48.5 Å². The number of aryl methyl sites for hydroxylation is 1. The molecule has 2 rings (SSSR count). The zero-order chi connectivity index (χ0) is 17.2. The highest BCUT2D eigenvalue weighted by molar-refractivity contribution is 5.77. The second-order valence-electron chi connectivity index (χ2n) is 5.21. The van der Waals surface area contributed by atoms with Gasteiger partial charge in [0.25, 0.3) is 5.91 Å². The van der Waals surface area contributed by atoms with Crippen LogP contribution in [0.3, 0.4) is 0 Å². The van der Waals surface area contributed by atoms with Crippen molar-refractivity contribution < 1.29 is 14.3 Å². The Morgan fingerprint density at radius 1 is 1.17 bits per heavy atom. The Bertz CT molecular complexity index is 708. The molecule has 1 N–H and O–H groups in total. The fraction of sp³-hybridized carbons (Fsp3) is 0.263. The average molecular weight is 324 g/mol. The SMILES string of the molecule is COc1cc(C#N)ccc1OCC(=O)NCCCc1ccccc1. The minimum atomic E-state index is -0.186. The van der Waals surface area contributed by atoms with Gasteiger partial charge >= 0.3 is 0 Å². The second kappa shape index (κ2) is 9.21. The maximum absolute atomic E-state index is 11.8. The number of benzene rings is 2. The second-order valence-corrected chi connectivity index (χ2v) is 5.21. The molecule has 0 radical (unpaired) electrons. The summed E-state index contributed by atoms with van der Waals surface area (Å²) in [6.45, 7) is 0.509. The normalized spacial score (nSPS) is 9.83. The third kappa shape index (κ3) is 5.33. The summed E-state index contributed by atoms with van der Waals surface area (Å²) in [5.41, 5.74) is 1.73. The predicted molar refractivity (Wildman–Crippen MR) is 91.0 cm³/mol. The number of carbonyl (C=O) groups is 1. The summed E-state index contributed by atoms with van der Waals surface area (Å²) in [5.74, 6) is 0.691. The standard InChI is InChI=1S/C19H20N2O3/c1-23-18-12-16(13-20)9-10-17(18)24-14-19(22)21-11-5-8-15-6-3-2-4-7-15/h2-4,6-7,9-10,12H,5,8,11,14H2,1H3,(H,21,22). The molecule has 2 aromatic carbocycles. The van der Waals surface area contributed by atoms with Crippen LogP contribution in [-0.4, -0.2) is 26.2 Å². The predicted octanol–water partition coefficient (Wildman–Crippen LogP) is 2.69. The van der Waals surface area contributed by atoms with Crippen molar-refractivity contribution in [2.75, 3.05) is 20.3 Å². The average Bonchev–Trinajstić information content (AvgIpc) is 2.64. The number of amides is 1. The molecule has 0 aliphatic heterocycles. The van der Waals surface area contributed by atoms with Crippen molar-refractivity contribution in [2.24, 2.45) is 0 Å². The Kier molecular flexibility index (Phi) is 6.66. The Morgan fingerprint density at radius 3 is 2.67 bits per heavy atom. The molecule has 24 heavy (non-hydrogen) atoms. The van der Waals surface area contributed by atoms with Gasteiger partial charge in [0, 0.05) is 12.6 Å². The van der Waals surface area contributed by atoms with E-state index in [9.17, 15) is 4.79 Å². The van der Waals surface area contributed by atoms with Gasteiger partial charge in [0.1, 0.15) is 0 Å². The van der Waals surface area contributed by atoms with Crippen LogP contribution in [0.1, 0.15) is 17.5 Å². The first-order valence-electron chi connectivity index (χ1n) is 7.74. The van der Waals surface area contributed by atoms with Crippen LogP contribution >= 0.6 is 0 Å². The van der Waals surface area contributed by atoms with Gasteiger partial charge in [-0.1, -0.05) is 30.3 Å². The van der Waals surface area contributed by atoms with Gasteiger partial charge in [0.2, 0.25) is 0 Å². The maximum Gasteiger partial charge on any atom is 0.257 e. The molecule has 5 heteroatoms. The summed E-state index contributed by atoms with van der Waals surface area (Å²) in [6, 6.07) is 17.0. The first-order chi connectivity index (χ1) is 11.7. The molecule has 1 amide bonds. The van der Waals surface area contributed by atoms with Gasteiger partial charge in [0.15, 0.2) is 18.1 Å². The van der Waals surface area contributed by atoms with Crippen molar-refractivity contribution in [1.82, 2.24) is 5.32 Å². The van der Waals surface area contributed by atoms with Crippen LogP contribution in [0.2, 0.25) is 0 Å². The summed E-state index contributed by atoms with van der Waals surface area (Å²) >= 11 is 0. The zero-order valence-electron chi connectivity index (χ0n) is 13.6. The Morgan fingerprint density at radius 2 is 1.96 bits per heavy atom. The summed E-state index contributed by atoms with van der Waals surface area (Å²) in [4.78, 5) is 11.8. The maximum atomic E-state index is 11.8. The lowest BCUT2D eigenvalue weighted by Crippen LogP contribution is -2.30. The molecular formula is C19H20N2O3. The van der Waals surface area contributed by atoms with E-state index in [1.165, 1.54) is 12.7 Å². The van der Waals surface area contributed by atoms with Gasteiger partial charge in [-0.05, 0) is 30.5 Å². The largest absolute Gasteiger partial charge is 0.493 e. The fourth-order valence-corrected chi connectivity index (χ4v) is 2.22. The summed E-state index contributed by atoms with van der Waals surface area (Å²) in [7, 11) is 1.49. The lowest BCUT2D eigenvalue weighted by molar-refractivity contribution is -0.123. The van der Waals surface area contributed by atoms with E-state index in [0.29, 0.717) is 23.6 Å². The molecule has 0 aliphatic carbocycles. The summed E-state index contributed by atoms with van der Waals surface area (Å²) in [5, 5.41) is 11.7. The van der Waals surface area contributed by atoms with Crippen molar-refractivity contribution in [3.05, 3.63) is 59.7 Å². The Labute approximate surface area is 141 Å². The zero-order valence-corrected chi connectivity index (χ0v) is 13.6. The minimum absolute atomic E-state index is 0.0897. The van der Waals surface area contributed by atoms with Gasteiger partial charge < -0.3 is 14.8 Å². The molecule has 0 heterocycles. The molecule has 0 atom stereocenters. The van der Waals surface area contributed by atoms with Crippen molar-refractivity contribution in [1.29, 1.82) is 5.26 Å². The molecule has 0 saturated carbocycles. The first kappa shape index (κ1) is 17.4. The molecule has 124 valence electrons. The summed E-state index contributed by atoms with van der Waals surface area (Å²) in [6.07, 6.45) is 1.79. The quantitative estimate of drug-likeness (QED) is 0.758. The van der Waals surface area contributed by atoms with E-state index in [0.717, 1.165) is 12.8 Å². The molecule has 0 aromatic heterocycles. The van der Waals surface area contributed by atoms with Gasteiger partial charge in [-0.2, -0.15) is 5.26 Å². The van der Waals surface area contributed by atoms with Crippen LogP contribution in [0.25, 0.3) is 0 Å². The highest BCUT2D eigenvalue weighted by atomic mass is 16.5. The monoisotopic (exact) mass is 324 g/mol. The molecule has 0 fully saturated rings. The highest BCUT2D eigenvalue weighted by Crippen LogP contribution is 2.27. The number of rotatable bonds is 8. The van der Waals surface area contributed by atoms with Crippen LogP contribution in [-0.2, 0) is 11.2 Å². The fourth-order valence-electron chi connectivity index (χ4n) is 2.22. The third-order valence-corrected chi connectivity index (χ3v) is 3.46. The van der Waals surface area contributed by atoms with Crippen molar-refractivity contribution in [3.8, 4) is 17.6 Å². The molecule has 5 nitrogen and oxygen atoms in total. The number of hydrogen-bond acceptors (Lipinski definition) is 4. The molecule has 0 saturated heterocycles. The van der Waals surface area contributed by atoms with Crippen molar-refractivity contribution in [2.45, 2.75) is 12.8 Å². The first-order valence-corrected chi connectivity index (χ1v) is 7.74. The van der Waals surface area contributed by atoms with Crippen molar-refractivity contribution >= 4 is 5.91 Å². The number of methoxy groups -OCH3 is 1. The van der Waals surface area contributed by atoms with Gasteiger partial charge in [-0.15, -0.1) is 0 Å². The molecule has 0 spiro atoms. The topological polar surface area (TPSA) is 71.3 Å². The number of nitriles is 1. The minimum Gasteiger partial charge on any atom is -0.493 e. The Balaban J connectivity index is 1.72. The van der Waals surface area contributed by atoms with Gasteiger partial charge in [-0.3, -0.25) is 4.79 Å². The number of nitrogens with one attached hydrogen (secondary N) is 1. The molecule has 0 unspecified atom stereocenters. The number of ether oxygens (including phenoxy) is 2. The van der Waals surface area contributed by atoms with Crippen LogP contribution in [0.5, 0.6) is 11.5 Å². The van der Waals surface area contributed by atoms with Crippen LogP contribution in [0.4, 0.5) is 0 Å². The van der Waals surface area contributed by atoms with E-state index in [2.05, 4.69) is 17.4 Å². The number of hydrogen-bond donors (Lipinski definition) is 1. The lowest BCUT2D eigenvalue weighted by Gasteiger charge is -2.11. The van der Waals surface area contributed by atoms with E-state index < -0.39 is 0 Å². The van der Waals surface area contributed by atoms with Crippen molar-refractivity contribution in [3.63, 3.8) is 0 Å². The Hall–Kier alpha value is -3.00. The van der Waals surface area contributed by atoms with Gasteiger partial charge in [-0.25, -0.2) is 0 Å². The van der Waals surface area contributed by atoms with Crippen LogP contribution in [0, 0.1) is 11.3 Å². The smallest absolute Gasteiger partial charge is 0.257 e. The van der Waals surface area contributed by atoms with E-state index in [1.54, 1.807) is 18.2 Å². The lowest BCUT2D eigenvalue weighted by atomic mass is 10.1. The van der Waals surface area contributed by atoms with E-state index in [-0.39, 0.29) is 12.5 Å². The summed E-state index contributed by atoms with van der Waals surface area (Å²) < 4.78 is 10.6. The number of nitrogens with zero attached hydrogens (tertiary/aromatic N) is 1. The molecular weight excluding hydrogens is 304 g/mol. The molecule has 0 aliphatic rings. The van der Waals surface area contributed by atoms with E-state index in [4.69, 9.17) is 14.7 Å². The number of carbonyl (C=O) groups excluding carboxylic acids is 1. The third-order valence-electron chi connectivity index (χ3n) is 3.46. The molecule has 0 bridgehead atoms.